The Hall–Kier alpha value is -1.51. The van der Waals surface area contributed by atoms with Crippen LogP contribution in [0.2, 0.25) is 0 Å². The van der Waals surface area contributed by atoms with E-state index in [9.17, 15) is 4.79 Å². The molecule has 0 aromatic heterocycles. The van der Waals surface area contributed by atoms with Crippen LogP contribution in [0.15, 0.2) is 24.3 Å². The topological polar surface area (TPSA) is 55.1 Å². The van der Waals surface area contributed by atoms with Crippen LogP contribution in [0.1, 0.15) is 64.9 Å². The van der Waals surface area contributed by atoms with E-state index in [2.05, 4.69) is 33.0 Å². The Bertz CT molecular complexity index is 425. The van der Waals surface area contributed by atoms with Gasteiger partial charge in [0, 0.05) is 18.2 Å². The number of rotatable bonds is 8. The van der Waals surface area contributed by atoms with Gasteiger partial charge in [0.1, 0.15) is 0 Å². The molecule has 0 aliphatic carbocycles. The van der Waals surface area contributed by atoms with Gasteiger partial charge in [0.2, 0.25) is 5.91 Å². The van der Waals surface area contributed by atoms with Crippen molar-refractivity contribution in [3.63, 3.8) is 0 Å². The van der Waals surface area contributed by atoms with Crippen molar-refractivity contribution in [3.8, 4) is 0 Å². The first-order valence-electron chi connectivity index (χ1n) is 8.03. The van der Waals surface area contributed by atoms with Crippen molar-refractivity contribution in [1.82, 2.24) is 5.32 Å². The summed E-state index contributed by atoms with van der Waals surface area (Å²) in [6.07, 6.45) is 3.98. The lowest BCUT2D eigenvalue weighted by Crippen LogP contribution is -2.33. The number of hydrogen-bond donors (Lipinski definition) is 2. The summed E-state index contributed by atoms with van der Waals surface area (Å²) in [5.41, 5.74) is 7.60. The molecule has 0 bridgehead atoms. The third kappa shape index (κ3) is 7.16. The second-order valence-electron chi connectivity index (χ2n) is 6.57. The molecule has 2 atom stereocenters. The van der Waals surface area contributed by atoms with Crippen LogP contribution in [0.4, 0.5) is 5.69 Å². The van der Waals surface area contributed by atoms with Gasteiger partial charge in [-0.15, -0.1) is 0 Å². The second kappa shape index (κ2) is 8.71. The largest absolute Gasteiger partial charge is 0.399 e. The third-order valence-electron chi connectivity index (χ3n) is 3.82. The highest BCUT2D eigenvalue weighted by atomic mass is 16.1. The molecule has 0 saturated heterocycles. The molecule has 0 spiro atoms. The van der Waals surface area contributed by atoms with Crippen LogP contribution in [0, 0.1) is 5.92 Å². The lowest BCUT2D eigenvalue weighted by atomic mass is 9.97. The van der Waals surface area contributed by atoms with Crippen molar-refractivity contribution in [2.45, 2.75) is 65.3 Å². The molecule has 2 unspecified atom stereocenters. The average molecular weight is 290 g/mol. The summed E-state index contributed by atoms with van der Waals surface area (Å²) in [6.45, 7) is 8.63. The summed E-state index contributed by atoms with van der Waals surface area (Å²) in [6, 6.07) is 8.03. The highest BCUT2D eigenvalue weighted by Gasteiger charge is 2.13. The van der Waals surface area contributed by atoms with Crippen LogP contribution in [0.25, 0.3) is 0 Å². The fraction of sp³-hybridized carbons (Fsp3) is 0.611. The predicted molar refractivity (Wildman–Crippen MR) is 90.2 cm³/mol. The number of carbonyl (C=O) groups is 1. The molecule has 1 amide bonds. The lowest BCUT2D eigenvalue weighted by Gasteiger charge is -2.17. The van der Waals surface area contributed by atoms with Gasteiger partial charge in [-0.3, -0.25) is 4.79 Å². The zero-order valence-corrected chi connectivity index (χ0v) is 13.9. The monoisotopic (exact) mass is 290 g/mol. The van der Waals surface area contributed by atoms with Gasteiger partial charge in [0.05, 0.1) is 0 Å². The van der Waals surface area contributed by atoms with E-state index in [0.29, 0.717) is 6.42 Å². The first-order chi connectivity index (χ1) is 9.88. The van der Waals surface area contributed by atoms with Crippen LogP contribution in [-0.2, 0) is 4.79 Å². The first-order valence-corrected chi connectivity index (χ1v) is 8.03. The molecule has 0 heterocycles. The maximum Gasteiger partial charge on any atom is 0.220 e. The third-order valence-corrected chi connectivity index (χ3v) is 3.82. The number of carbonyl (C=O) groups excluding carboxylic acids is 1. The van der Waals surface area contributed by atoms with E-state index in [1.807, 2.05) is 24.3 Å². The molecule has 3 heteroatoms. The van der Waals surface area contributed by atoms with Crippen LogP contribution >= 0.6 is 0 Å². The molecule has 0 aliphatic rings. The van der Waals surface area contributed by atoms with Gasteiger partial charge >= 0.3 is 0 Å². The molecule has 0 saturated carbocycles. The maximum atomic E-state index is 12.1. The molecule has 3 N–H and O–H groups in total. The molecular weight excluding hydrogens is 260 g/mol. The van der Waals surface area contributed by atoms with E-state index in [-0.39, 0.29) is 17.9 Å². The zero-order chi connectivity index (χ0) is 15.8. The van der Waals surface area contributed by atoms with Crippen molar-refractivity contribution >= 4 is 11.6 Å². The number of nitrogen functional groups attached to an aromatic ring is 1. The minimum atomic E-state index is 0.136. The predicted octanol–water partition coefficient (Wildman–Crippen LogP) is 4.09. The van der Waals surface area contributed by atoms with Crippen molar-refractivity contribution < 1.29 is 4.79 Å². The van der Waals surface area contributed by atoms with Crippen molar-refractivity contribution in [3.05, 3.63) is 29.8 Å². The Morgan fingerprint density at radius 1 is 1.10 bits per heavy atom. The Balaban J connectivity index is 2.33. The van der Waals surface area contributed by atoms with E-state index in [0.717, 1.165) is 23.6 Å². The number of benzene rings is 1. The summed E-state index contributed by atoms with van der Waals surface area (Å²) in [4.78, 5) is 12.1. The van der Waals surface area contributed by atoms with E-state index >= 15 is 0 Å². The Morgan fingerprint density at radius 2 is 1.71 bits per heavy atom. The summed E-state index contributed by atoms with van der Waals surface area (Å²) >= 11 is 0. The van der Waals surface area contributed by atoms with Crippen LogP contribution in [0.3, 0.4) is 0 Å². The van der Waals surface area contributed by atoms with Crippen molar-refractivity contribution in [2.24, 2.45) is 5.92 Å². The number of nitrogens with two attached hydrogens (primary N) is 1. The van der Waals surface area contributed by atoms with Crippen LogP contribution in [0.5, 0.6) is 0 Å². The SMILES string of the molecule is CC(C)CCCC(C)NC(=O)CC(C)c1ccc(N)cc1. The number of amides is 1. The molecular formula is C18H30N2O. The molecule has 3 nitrogen and oxygen atoms in total. The average Bonchev–Trinajstić information content (AvgIpc) is 2.38. The van der Waals surface area contributed by atoms with Crippen LogP contribution in [-0.4, -0.2) is 11.9 Å². The second-order valence-corrected chi connectivity index (χ2v) is 6.57. The van der Waals surface area contributed by atoms with E-state index in [4.69, 9.17) is 5.73 Å². The molecule has 0 radical (unpaired) electrons. The standard InChI is InChI=1S/C18H30N2O/c1-13(2)6-5-7-15(4)20-18(21)12-14(3)16-8-10-17(19)11-9-16/h8-11,13-15H,5-7,12,19H2,1-4H3,(H,20,21). The number of hydrogen-bond acceptors (Lipinski definition) is 2. The van der Waals surface area contributed by atoms with Gasteiger partial charge in [0.25, 0.3) is 0 Å². The molecule has 1 aromatic carbocycles. The van der Waals surface area contributed by atoms with E-state index < -0.39 is 0 Å². The molecule has 21 heavy (non-hydrogen) atoms. The van der Waals surface area contributed by atoms with Crippen molar-refractivity contribution in [1.29, 1.82) is 0 Å². The fourth-order valence-electron chi connectivity index (χ4n) is 2.46. The molecule has 118 valence electrons. The Kier molecular flexibility index (Phi) is 7.27. The molecule has 1 rings (SSSR count). The summed E-state index contributed by atoms with van der Waals surface area (Å²) in [7, 11) is 0. The fourth-order valence-corrected chi connectivity index (χ4v) is 2.46. The zero-order valence-electron chi connectivity index (χ0n) is 13.9. The Labute approximate surface area is 129 Å². The smallest absolute Gasteiger partial charge is 0.220 e. The van der Waals surface area contributed by atoms with Crippen LogP contribution < -0.4 is 11.1 Å². The summed E-state index contributed by atoms with van der Waals surface area (Å²) < 4.78 is 0. The molecule has 0 fully saturated rings. The van der Waals surface area contributed by atoms with Gasteiger partial charge in [-0.25, -0.2) is 0 Å². The highest BCUT2D eigenvalue weighted by Crippen LogP contribution is 2.20. The minimum Gasteiger partial charge on any atom is -0.399 e. The van der Waals surface area contributed by atoms with Crippen molar-refractivity contribution in [2.75, 3.05) is 5.73 Å². The normalized spacial score (nSPS) is 14.0. The Morgan fingerprint density at radius 3 is 2.29 bits per heavy atom. The van der Waals surface area contributed by atoms with Gasteiger partial charge in [-0.1, -0.05) is 45.7 Å². The number of nitrogens with one attached hydrogen (secondary N) is 1. The summed E-state index contributed by atoms with van der Waals surface area (Å²) in [5, 5.41) is 3.10. The maximum absolute atomic E-state index is 12.1. The quantitative estimate of drug-likeness (QED) is 0.708. The van der Waals surface area contributed by atoms with Gasteiger partial charge in [-0.2, -0.15) is 0 Å². The van der Waals surface area contributed by atoms with Gasteiger partial charge < -0.3 is 11.1 Å². The van der Waals surface area contributed by atoms with Gasteiger partial charge in [-0.05, 0) is 42.9 Å². The molecule has 1 aromatic rings. The number of anilines is 1. The first kappa shape index (κ1) is 17.5. The van der Waals surface area contributed by atoms with E-state index in [1.54, 1.807) is 0 Å². The summed E-state index contributed by atoms with van der Waals surface area (Å²) in [5.74, 6) is 1.09. The molecule has 0 aliphatic heterocycles. The highest BCUT2D eigenvalue weighted by molar-refractivity contribution is 5.77. The van der Waals surface area contributed by atoms with Gasteiger partial charge in [0.15, 0.2) is 0 Å². The lowest BCUT2D eigenvalue weighted by molar-refractivity contribution is -0.122. The van der Waals surface area contributed by atoms with E-state index in [1.165, 1.54) is 12.8 Å². The minimum absolute atomic E-state index is 0.136.